The maximum Gasteiger partial charge on any atom is 0.451 e. The normalized spacial score (nSPS) is 11.3. The number of nitrogens with two attached hydrogens (primary N) is 1. The Bertz CT molecular complexity index is 636. The van der Waals surface area contributed by atoms with E-state index in [9.17, 15) is 13.2 Å². The van der Waals surface area contributed by atoms with Crippen LogP contribution in [0.25, 0.3) is 0 Å². The lowest BCUT2D eigenvalue weighted by atomic mass is 10.2. The largest absolute Gasteiger partial charge is 0.473 e. The van der Waals surface area contributed by atoms with Crippen molar-refractivity contribution in [3.05, 3.63) is 46.7 Å². The highest BCUT2D eigenvalue weighted by Crippen LogP contribution is 2.29. The molecule has 0 atom stereocenters. The van der Waals surface area contributed by atoms with Crippen molar-refractivity contribution in [3.63, 3.8) is 0 Å². The van der Waals surface area contributed by atoms with Crippen molar-refractivity contribution in [2.45, 2.75) is 12.8 Å². The van der Waals surface area contributed by atoms with Crippen LogP contribution < -0.4 is 16.0 Å². The quantitative estimate of drug-likeness (QED) is 0.669. The maximum atomic E-state index is 12.6. The molecule has 0 bridgehead atoms. The van der Waals surface area contributed by atoms with Gasteiger partial charge in [-0.05, 0) is 17.7 Å². The number of nitrogen functional groups attached to an aromatic ring is 1. The van der Waals surface area contributed by atoms with Gasteiger partial charge in [0.2, 0.25) is 11.7 Å². The Morgan fingerprint density at radius 2 is 2.00 bits per heavy atom. The number of aromatic nitrogens is 2. The minimum absolute atomic E-state index is 0.0128. The fourth-order valence-corrected chi connectivity index (χ4v) is 1.70. The lowest BCUT2D eigenvalue weighted by molar-refractivity contribution is -0.145. The van der Waals surface area contributed by atoms with Crippen molar-refractivity contribution in [3.8, 4) is 5.88 Å². The minimum atomic E-state index is -4.69. The molecule has 0 aliphatic heterocycles. The van der Waals surface area contributed by atoms with E-state index in [1.807, 2.05) is 5.43 Å². The summed E-state index contributed by atoms with van der Waals surface area (Å²) in [6, 6.07) is 7.90. The third-order valence-corrected chi connectivity index (χ3v) is 2.61. The van der Waals surface area contributed by atoms with E-state index in [1.54, 1.807) is 24.3 Å². The number of hydrogen-bond acceptors (Lipinski definition) is 5. The molecule has 0 aliphatic carbocycles. The molecule has 0 fully saturated rings. The van der Waals surface area contributed by atoms with Gasteiger partial charge in [0.1, 0.15) is 12.4 Å². The Balaban J connectivity index is 2.19. The van der Waals surface area contributed by atoms with Gasteiger partial charge >= 0.3 is 6.18 Å². The van der Waals surface area contributed by atoms with Gasteiger partial charge in [0.15, 0.2) is 0 Å². The van der Waals surface area contributed by atoms with Crippen LogP contribution in [0.3, 0.4) is 0 Å². The molecule has 0 radical (unpaired) electrons. The van der Waals surface area contributed by atoms with E-state index in [-0.39, 0.29) is 18.3 Å². The average Bonchev–Trinajstić information content (AvgIpc) is 2.44. The Kier molecular flexibility index (Phi) is 4.49. The van der Waals surface area contributed by atoms with Crippen LogP contribution in [-0.4, -0.2) is 9.97 Å². The van der Waals surface area contributed by atoms with Gasteiger partial charge in [0.25, 0.3) is 0 Å². The molecule has 0 amide bonds. The monoisotopic (exact) mass is 318 g/mol. The van der Waals surface area contributed by atoms with Crippen molar-refractivity contribution in [2.24, 2.45) is 5.84 Å². The van der Waals surface area contributed by atoms with Gasteiger partial charge in [-0.15, -0.1) is 0 Å². The Hall–Kier alpha value is -2.06. The molecular formula is C12H10ClF3N4O. The summed E-state index contributed by atoms with van der Waals surface area (Å²) in [4.78, 5) is 6.52. The number of hydrogen-bond donors (Lipinski definition) is 2. The number of hydrazine groups is 1. The highest BCUT2D eigenvalue weighted by atomic mass is 35.5. The van der Waals surface area contributed by atoms with E-state index in [4.69, 9.17) is 22.2 Å². The lowest BCUT2D eigenvalue weighted by Crippen LogP contribution is -2.16. The first-order valence-electron chi connectivity index (χ1n) is 5.68. The summed E-state index contributed by atoms with van der Waals surface area (Å²) in [5.74, 6) is 3.30. The zero-order valence-electron chi connectivity index (χ0n) is 10.5. The molecule has 21 heavy (non-hydrogen) atoms. The van der Waals surface area contributed by atoms with Gasteiger partial charge in [0.05, 0.1) is 0 Å². The van der Waals surface area contributed by atoms with Crippen molar-refractivity contribution in [1.29, 1.82) is 0 Å². The number of nitrogens with one attached hydrogen (secondary N) is 1. The summed E-state index contributed by atoms with van der Waals surface area (Å²) in [5.41, 5.74) is 2.73. The number of benzene rings is 1. The molecule has 0 spiro atoms. The molecule has 0 unspecified atom stereocenters. The summed E-state index contributed by atoms with van der Waals surface area (Å²) >= 11 is 5.80. The predicted molar refractivity (Wildman–Crippen MR) is 70.6 cm³/mol. The fraction of sp³-hybridized carbons (Fsp3) is 0.167. The Morgan fingerprint density at radius 1 is 1.24 bits per heavy atom. The van der Waals surface area contributed by atoms with Crippen LogP contribution in [0.15, 0.2) is 30.3 Å². The topological polar surface area (TPSA) is 73.1 Å². The lowest BCUT2D eigenvalue weighted by Gasteiger charge is -2.11. The number of ether oxygens (including phenoxy) is 1. The van der Waals surface area contributed by atoms with Crippen LogP contribution in [0, 0.1) is 0 Å². The number of halogens is 4. The number of rotatable bonds is 4. The van der Waals surface area contributed by atoms with Crippen molar-refractivity contribution in [1.82, 2.24) is 9.97 Å². The van der Waals surface area contributed by atoms with Crippen LogP contribution >= 0.6 is 11.6 Å². The van der Waals surface area contributed by atoms with E-state index in [1.165, 1.54) is 6.07 Å². The third-order valence-electron chi connectivity index (χ3n) is 2.38. The summed E-state index contributed by atoms with van der Waals surface area (Å²) in [5, 5.41) is 0.499. The summed E-state index contributed by atoms with van der Waals surface area (Å²) in [7, 11) is 0. The number of alkyl halides is 3. The van der Waals surface area contributed by atoms with Crippen LogP contribution in [0.2, 0.25) is 5.02 Å². The summed E-state index contributed by atoms with van der Waals surface area (Å²) in [6.07, 6.45) is -4.69. The molecule has 1 aromatic carbocycles. The molecule has 3 N–H and O–H groups in total. The molecule has 112 valence electrons. The summed E-state index contributed by atoms with van der Waals surface area (Å²) < 4.78 is 43.1. The highest BCUT2D eigenvalue weighted by molar-refractivity contribution is 6.30. The van der Waals surface area contributed by atoms with Crippen LogP contribution in [0.1, 0.15) is 11.4 Å². The van der Waals surface area contributed by atoms with Gasteiger partial charge in [-0.3, -0.25) is 0 Å². The van der Waals surface area contributed by atoms with Gasteiger partial charge in [0, 0.05) is 11.1 Å². The second kappa shape index (κ2) is 6.15. The zero-order chi connectivity index (χ0) is 15.5. The summed E-state index contributed by atoms with van der Waals surface area (Å²) in [6.45, 7) is 0.0128. The van der Waals surface area contributed by atoms with E-state index in [0.717, 1.165) is 0 Å². The molecule has 0 saturated carbocycles. The first kappa shape index (κ1) is 15.3. The molecule has 2 aromatic rings. The number of nitrogens with zero attached hydrogens (tertiary/aromatic N) is 2. The van der Waals surface area contributed by atoms with Gasteiger partial charge in [-0.2, -0.15) is 18.2 Å². The van der Waals surface area contributed by atoms with Crippen molar-refractivity contribution in [2.75, 3.05) is 5.43 Å². The van der Waals surface area contributed by atoms with Gasteiger partial charge in [-0.1, -0.05) is 23.7 Å². The Morgan fingerprint density at radius 3 is 2.62 bits per heavy atom. The average molecular weight is 319 g/mol. The second-order valence-corrected chi connectivity index (χ2v) is 4.41. The minimum Gasteiger partial charge on any atom is -0.473 e. The SMILES string of the molecule is NNc1cc(OCc2cccc(Cl)c2)nc(C(F)(F)F)n1. The molecule has 1 heterocycles. The molecule has 0 aliphatic rings. The molecule has 9 heteroatoms. The fourth-order valence-electron chi connectivity index (χ4n) is 1.48. The van der Waals surface area contributed by atoms with E-state index in [2.05, 4.69) is 9.97 Å². The third kappa shape index (κ3) is 4.20. The zero-order valence-corrected chi connectivity index (χ0v) is 11.2. The molecule has 5 nitrogen and oxygen atoms in total. The predicted octanol–water partition coefficient (Wildman–Crippen LogP) is 3.01. The van der Waals surface area contributed by atoms with E-state index in [0.29, 0.717) is 10.6 Å². The maximum absolute atomic E-state index is 12.6. The van der Waals surface area contributed by atoms with Crippen LogP contribution in [0.5, 0.6) is 5.88 Å². The first-order valence-corrected chi connectivity index (χ1v) is 6.06. The van der Waals surface area contributed by atoms with Crippen molar-refractivity contribution >= 4 is 17.4 Å². The molecule has 1 aromatic heterocycles. The first-order chi connectivity index (χ1) is 9.88. The second-order valence-electron chi connectivity index (χ2n) is 3.98. The van der Waals surface area contributed by atoms with Crippen molar-refractivity contribution < 1.29 is 17.9 Å². The highest BCUT2D eigenvalue weighted by Gasteiger charge is 2.35. The van der Waals surface area contributed by atoms with Gasteiger partial charge < -0.3 is 10.2 Å². The smallest absolute Gasteiger partial charge is 0.451 e. The van der Waals surface area contributed by atoms with E-state index < -0.39 is 12.0 Å². The van der Waals surface area contributed by atoms with E-state index >= 15 is 0 Å². The molecule has 2 rings (SSSR count). The van der Waals surface area contributed by atoms with Gasteiger partial charge in [-0.25, -0.2) is 10.8 Å². The standard InChI is InChI=1S/C12H10ClF3N4O/c13-8-3-1-2-7(4-8)6-21-10-5-9(20-17)18-11(19-10)12(14,15)16/h1-5H,6,17H2,(H,18,19,20). The van der Waals surface area contributed by atoms with Crippen LogP contribution in [0.4, 0.5) is 19.0 Å². The molecular weight excluding hydrogens is 309 g/mol. The Labute approximate surface area is 122 Å². The van der Waals surface area contributed by atoms with Crippen LogP contribution in [-0.2, 0) is 12.8 Å². The number of anilines is 1. The molecule has 0 saturated heterocycles.